The Morgan fingerprint density at radius 3 is 1.69 bits per heavy atom. The minimum absolute atomic E-state index is 0. The third-order valence-electron chi connectivity index (χ3n) is 7.34. The van der Waals surface area contributed by atoms with E-state index in [1.807, 2.05) is 0 Å². The summed E-state index contributed by atoms with van der Waals surface area (Å²) >= 11 is 0. The van der Waals surface area contributed by atoms with Gasteiger partial charge in [0.2, 0.25) is 0 Å². The minimum Gasteiger partial charge on any atom is -0.412 e. The van der Waals surface area contributed by atoms with Gasteiger partial charge in [-0.2, -0.15) is 8.78 Å². The molecule has 4 atom stereocenters. The van der Waals surface area contributed by atoms with Crippen molar-refractivity contribution < 1.29 is 39.4 Å². The minimum atomic E-state index is -3.39. The maximum Gasteiger partial charge on any atom is 0.358 e. The van der Waals surface area contributed by atoms with Gasteiger partial charge < -0.3 is 20.4 Å². The van der Waals surface area contributed by atoms with Gasteiger partial charge in [0.15, 0.2) is 12.3 Å². The maximum absolute atomic E-state index is 14.7. The molecule has 3 aliphatic rings. The first-order valence-corrected chi connectivity index (χ1v) is 10.7. The first kappa shape index (κ1) is 26.6. The molecule has 0 amide bonds. The number of hydrogen-bond acceptors (Lipinski definition) is 2. The number of alkyl halides is 4. The van der Waals surface area contributed by atoms with E-state index >= 15 is 0 Å². The highest BCUT2D eigenvalue weighted by Crippen LogP contribution is 2.46. The van der Waals surface area contributed by atoms with Crippen molar-refractivity contribution in [2.45, 2.75) is 102 Å². The van der Waals surface area contributed by atoms with Crippen LogP contribution in [0.4, 0.5) is 17.6 Å². The molecule has 3 saturated carbocycles. The molecular formula is C21H40F4O4. The van der Waals surface area contributed by atoms with Crippen LogP contribution in [0.3, 0.4) is 0 Å². The van der Waals surface area contributed by atoms with Crippen molar-refractivity contribution in [3.63, 3.8) is 0 Å². The van der Waals surface area contributed by atoms with Crippen molar-refractivity contribution in [1.82, 2.24) is 0 Å². The van der Waals surface area contributed by atoms with E-state index in [1.165, 1.54) is 32.8 Å². The highest BCUT2D eigenvalue weighted by molar-refractivity contribution is 4.91. The predicted molar refractivity (Wildman–Crippen MR) is 106 cm³/mol. The molecule has 0 aromatic carbocycles. The third kappa shape index (κ3) is 6.28. The molecule has 0 spiro atoms. The highest BCUT2D eigenvalue weighted by atomic mass is 19.3. The van der Waals surface area contributed by atoms with Gasteiger partial charge in [-0.15, -0.1) is 0 Å². The van der Waals surface area contributed by atoms with Gasteiger partial charge in [-0.05, 0) is 69.1 Å². The van der Waals surface area contributed by atoms with Gasteiger partial charge in [0.1, 0.15) is 0 Å². The number of methoxy groups -OCH3 is 1. The van der Waals surface area contributed by atoms with E-state index in [2.05, 4.69) is 6.92 Å². The second-order valence-electron chi connectivity index (χ2n) is 9.09. The third-order valence-corrected chi connectivity index (χ3v) is 7.34. The molecule has 3 fully saturated rings. The quantitative estimate of drug-likeness (QED) is 0.591. The van der Waals surface area contributed by atoms with Crippen LogP contribution in [0.1, 0.15) is 72.6 Å². The summed E-state index contributed by atoms with van der Waals surface area (Å²) in [6.45, 7) is 2.28. The topological polar surface area (TPSA) is 81.5 Å². The fraction of sp³-hybridized carbons (Fsp3) is 1.00. The van der Waals surface area contributed by atoms with Crippen molar-refractivity contribution in [3.8, 4) is 0 Å². The Bertz CT molecular complexity index is 472. The zero-order valence-corrected chi connectivity index (χ0v) is 17.5. The zero-order valence-electron chi connectivity index (χ0n) is 17.5. The normalized spacial score (nSPS) is 41.2. The van der Waals surface area contributed by atoms with E-state index in [9.17, 15) is 17.6 Å². The van der Waals surface area contributed by atoms with Gasteiger partial charge in [0.25, 0.3) is 0 Å². The van der Waals surface area contributed by atoms with Crippen LogP contribution >= 0.6 is 0 Å². The van der Waals surface area contributed by atoms with E-state index in [1.54, 1.807) is 0 Å². The van der Waals surface area contributed by atoms with Crippen LogP contribution in [0.25, 0.3) is 0 Å². The van der Waals surface area contributed by atoms with Crippen molar-refractivity contribution in [1.29, 1.82) is 0 Å². The standard InChI is InChI=1S/C21H34F4O2.2H2O.H2/c1-13-3-5-14(6-4-13)15-7-9-16(10-8-15)21(24,25)27-18-12-11-17(26-2)19(22)20(18)23;;;/h13-20H,3-12H2,1-2H3;2*1H2;1H. The monoisotopic (exact) mass is 432 g/mol. The molecule has 0 aromatic heterocycles. The Morgan fingerprint density at radius 1 is 0.724 bits per heavy atom. The molecule has 0 aliphatic heterocycles. The SMILES string of the molecule is COC1CCC(OC(F)(F)C2CCC(C3CCC(C)CC3)CC2)C(F)C1F.O.O.[HH]. The summed E-state index contributed by atoms with van der Waals surface area (Å²) in [5.41, 5.74) is 0. The molecule has 4 N–H and O–H groups in total. The van der Waals surface area contributed by atoms with E-state index in [-0.39, 0.29) is 25.2 Å². The molecule has 4 unspecified atom stereocenters. The fourth-order valence-electron chi connectivity index (χ4n) is 5.41. The van der Waals surface area contributed by atoms with Gasteiger partial charge in [-0.3, -0.25) is 0 Å². The van der Waals surface area contributed by atoms with Crippen molar-refractivity contribution in [2.75, 3.05) is 7.11 Å². The first-order chi connectivity index (χ1) is 12.8. The van der Waals surface area contributed by atoms with E-state index in [0.717, 1.165) is 18.8 Å². The zero-order chi connectivity index (χ0) is 19.6. The number of hydrogen-bond donors (Lipinski definition) is 0. The van der Waals surface area contributed by atoms with Crippen LogP contribution in [0.2, 0.25) is 0 Å². The van der Waals surface area contributed by atoms with Crippen LogP contribution in [0.15, 0.2) is 0 Å². The van der Waals surface area contributed by atoms with Crippen LogP contribution in [0, 0.1) is 23.7 Å². The average molecular weight is 433 g/mol. The Morgan fingerprint density at radius 2 is 1.17 bits per heavy atom. The molecule has 176 valence electrons. The van der Waals surface area contributed by atoms with Gasteiger partial charge in [0, 0.05) is 8.54 Å². The van der Waals surface area contributed by atoms with Gasteiger partial charge in [-0.1, -0.05) is 19.8 Å². The summed E-state index contributed by atoms with van der Waals surface area (Å²) in [5, 5.41) is 0. The molecule has 0 bridgehead atoms. The highest BCUT2D eigenvalue weighted by Gasteiger charge is 2.50. The second kappa shape index (κ2) is 11.3. The molecule has 3 aliphatic carbocycles. The van der Waals surface area contributed by atoms with Crippen LogP contribution in [0.5, 0.6) is 0 Å². The number of halogens is 4. The van der Waals surface area contributed by atoms with E-state index < -0.39 is 36.6 Å². The molecule has 8 heteroatoms. The van der Waals surface area contributed by atoms with Crippen molar-refractivity contribution in [2.24, 2.45) is 23.7 Å². The molecule has 0 aromatic rings. The second-order valence-corrected chi connectivity index (χ2v) is 9.09. The Hall–Kier alpha value is -0.440. The summed E-state index contributed by atoms with van der Waals surface area (Å²) in [4.78, 5) is 0. The Balaban J connectivity index is 0.00000280. The van der Waals surface area contributed by atoms with Gasteiger partial charge in [0.05, 0.1) is 18.1 Å². The predicted octanol–water partition coefficient (Wildman–Crippen LogP) is 4.68. The molecule has 3 rings (SSSR count). The summed E-state index contributed by atoms with van der Waals surface area (Å²) in [6, 6.07) is 0. The molecule has 0 radical (unpaired) electrons. The maximum atomic E-state index is 14.7. The molecule has 29 heavy (non-hydrogen) atoms. The van der Waals surface area contributed by atoms with Gasteiger partial charge >= 0.3 is 6.11 Å². The molecule has 4 nitrogen and oxygen atoms in total. The molecule has 0 heterocycles. The lowest BCUT2D eigenvalue weighted by Crippen LogP contribution is -2.50. The fourth-order valence-corrected chi connectivity index (χ4v) is 5.41. The lowest BCUT2D eigenvalue weighted by Gasteiger charge is -2.41. The van der Waals surface area contributed by atoms with E-state index in [4.69, 9.17) is 9.47 Å². The Kier molecular flexibility index (Phi) is 10.3. The average Bonchev–Trinajstić information content (AvgIpc) is 2.66. The smallest absolute Gasteiger partial charge is 0.358 e. The Labute approximate surface area is 172 Å². The summed E-state index contributed by atoms with van der Waals surface area (Å²) in [6.07, 6.45) is -2.02. The van der Waals surface area contributed by atoms with E-state index in [0.29, 0.717) is 24.7 Å². The molecular weight excluding hydrogens is 392 g/mol. The number of rotatable bonds is 5. The lowest BCUT2D eigenvalue weighted by molar-refractivity contribution is -0.314. The van der Waals surface area contributed by atoms with Crippen LogP contribution in [-0.2, 0) is 9.47 Å². The van der Waals surface area contributed by atoms with Crippen molar-refractivity contribution in [3.05, 3.63) is 0 Å². The summed E-state index contributed by atoms with van der Waals surface area (Å²) < 4.78 is 67.2. The van der Waals surface area contributed by atoms with Crippen LogP contribution in [-0.4, -0.2) is 48.7 Å². The van der Waals surface area contributed by atoms with Gasteiger partial charge in [-0.25, -0.2) is 8.78 Å². The van der Waals surface area contributed by atoms with Crippen molar-refractivity contribution >= 4 is 0 Å². The molecule has 0 saturated heterocycles. The first-order valence-electron chi connectivity index (χ1n) is 10.7. The number of ether oxygens (including phenoxy) is 2. The summed E-state index contributed by atoms with van der Waals surface area (Å²) in [5.74, 6) is 1.10. The summed E-state index contributed by atoms with van der Waals surface area (Å²) in [7, 11) is 1.31. The largest absolute Gasteiger partial charge is 0.412 e. The van der Waals surface area contributed by atoms with Crippen LogP contribution < -0.4 is 0 Å². The lowest BCUT2D eigenvalue weighted by atomic mass is 9.69.